The van der Waals surface area contributed by atoms with Crippen molar-refractivity contribution >= 4 is 5.69 Å². The summed E-state index contributed by atoms with van der Waals surface area (Å²) in [5.41, 5.74) is 7.75. The summed E-state index contributed by atoms with van der Waals surface area (Å²) in [7, 11) is 0. The van der Waals surface area contributed by atoms with Gasteiger partial charge in [-0.1, -0.05) is 12.1 Å². The van der Waals surface area contributed by atoms with Crippen LogP contribution < -0.4 is 10.5 Å². The molecule has 0 amide bonds. The number of nitrogens with zero attached hydrogens (tertiary/aromatic N) is 1. The minimum Gasteiger partial charge on any atom is -0.504 e. The number of nitrogens with two attached hydrogens (primary N) is 1. The molecule has 4 nitrogen and oxygen atoms in total. The third kappa shape index (κ3) is 3.81. The first-order valence-corrected chi connectivity index (χ1v) is 7.56. The second kappa shape index (κ2) is 7.00. The number of aromatic nitrogens is 1. The maximum Gasteiger partial charge on any atom is 0.169 e. The summed E-state index contributed by atoms with van der Waals surface area (Å²) in [6.07, 6.45) is 3.26. The fraction of sp³-hybridized carbons (Fsp3) is 0.105. The molecule has 3 rings (SSSR count). The van der Waals surface area contributed by atoms with Crippen LogP contribution in [0, 0.1) is 5.82 Å². The van der Waals surface area contributed by atoms with Crippen LogP contribution in [0.25, 0.3) is 0 Å². The molecule has 1 heterocycles. The number of anilines is 1. The van der Waals surface area contributed by atoms with Crippen molar-refractivity contribution in [2.75, 3.05) is 5.73 Å². The van der Waals surface area contributed by atoms with Crippen LogP contribution in [0.2, 0.25) is 0 Å². The molecule has 3 N–H and O–H groups in total. The van der Waals surface area contributed by atoms with Gasteiger partial charge in [-0.25, -0.2) is 4.39 Å². The third-order valence-electron chi connectivity index (χ3n) is 3.60. The number of aromatic hydroxyl groups is 1. The van der Waals surface area contributed by atoms with Crippen LogP contribution in [0.4, 0.5) is 10.1 Å². The lowest BCUT2D eigenvalue weighted by Gasteiger charge is -2.10. The van der Waals surface area contributed by atoms with E-state index in [1.165, 1.54) is 18.2 Å². The molecule has 0 radical (unpaired) electrons. The van der Waals surface area contributed by atoms with Crippen LogP contribution in [-0.4, -0.2) is 10.1 Å². The molecular formula is C19H17FN2O2. The van der Waals surface area contributed by atoms with Gasteiger partial charge in [-0.3, -0.25) is 4.98 Å². The van der Waals surface area contributed by atoms with E-state index in [4.69, 9.17) is 10.5 Å². The number of hydrogen-bond acceptors (Lipinski definition) is 4. The molecule has 122 valence electrons. The second-order valence-electron chi connectivity index (χ2n) is 5.42. The average Bonchev–Trinajstić information content (AvgIpc) is 2.58. The summed E-state index contributed by atoms with van der Waals surface area (Å²) in [6.45, 7) is 0. The van der Waals surface area contributed by atoms with Crippen LogP contribution in [0.5, 0.6) is 17.2 Å². The highest BCUT2D eigenvalue weighted by atomic mass is 19.1. The first-order valence-electron chi connectivity index (χ1n) is 7.56. The standard InChI is InChI=1S/C19H17FN2O2/c20-16-12-14(21)6-9-18(16)24-19-8-5-13(11-17(19)23)4-7-15-3-1-2-10-22-15/h1-3,5-6,8-12,23H,4,7,21H2. The lowest BCUT2D eigenvalue weighted by molar-refractivity contribution is 0.395. The van der Waals surface area contributed by atoms with E-state index in [1.807, 2.05) is 24.3 Å². The summed E-state index contributed by atoms with van der Waals surface area (Å²) in [4.78, 5) is 4.27. The molecule has 3 aromatic rings. The van der Waals surface area contributed by atoms with Crippen molar-refractivity contribution in [2.24, 2.45) is 0 Å². The van der Waals surface area contributed by atoms with Crippen LogP contribution in [0.15, 0.2) is 60.8 Å². The maximum absolute atomic E-state index is 13.8. The zero-order valence-corrected chi connectivity index (χ0v) is 12.9. The molecule has 0 spiro atoms. The van der Waals surface area contributed by atoms with Crippen LogP contribution in [0.3, 0.4) is 0 Å². The van der Waals surface area contributed by atoms with Gasteiger partial charge in [-0.05, 0) is 54.8 Å². The van der Waals surface area contributed by atoms with Gasteiger partial charge in [0.1, 0.15) is 0 Å². The summed E-state index contributed by atoms with van der Waals surface area (Å²) in [5, 5.41) is 10.1. The molecule has 0 bridgehead atoms. The monoisotopic (exact) mass is 324 g/mol. The maximum atomic E-state index is 13.8. The number of hydrogen-bond donors (Lipinski definition) is 2. The number of halogens is 1. The quantitative estimate of drug-likeness (QED) is 0.694. The normalized spacial score (nSPS) is 10.5. The topological polar surface area (TPSA) is 68.4 Å². The Morgan fingerprint density at radius 1 is 1.00 bits per heavy atom. The predicted octanol–water partition coefficient (Wildman–Crippen LogP) is 4.09. The molecule has 1 aromatic heterocycles. The Labute approximate surface area is 139 Å². The molecule has 0 aliphatic heterocycles. The summed E-state index contributed by atoms with van der Waals surface area (Å²) in [6, 6.07) is 15.0. The minimum atomic E-state index is -0.575. The van der Waals surface area contributed by atoms with Crippen LogP contribution >= 0.6 is 0 Å². The summed E-state index contributed by atoms with van der Waals surface area (Å²) < 4.78 is 19.2. The Balaban J connectivity index is 1.70. The lowest BCUT2D eigenvalue weighted by Crippen LogP contribution is -1.95. The summed E-state index contributed by atoms with van der Waals surface area (Å²) >= 11 is 0. The fourth-order valence-electron chi connectivity index (χ4n) is 2.34. The van der Waals surface area contributed by atoms with E-state index < -0.39 is 5.82 Å². The SMILES string of the molecule is Nc1ccc(Oc2ccc(CCc3ccccn3)cc2O)c(F)c1. The number of aryl methyl sites for hydroxylation is 2. The Morgan fingerprint density at radius 2 is 1.83 bits per heavy atom. The number of nitrogen functional groups attached to an aromatic ring is 1. The van der Waals surface area contributed by atoms with Crippen molar-refractivity contribution in [1.82, 2.24) is 4.98 Å². The molecule has 0 saturated carbocycles. The van der Waals surface area contributed by atoms with Gasteiger partial charge < -0.3 is 15.6 Å². The van der Waals surface area contributed by atoms with Crippen molar-refractivity contribution in [3.8, 4) is 17.2 Å². The van der Waals surface area contributed by atoms with Gasteiger partial charge in [-0.2, -0.15) is 0 Å². The van der Waals surface area contributed by atoms with Gasteiger partial charge in [0.2, 0.25) is 0 Å². The van der Waals surface area contributed by atoms with Crippen LogP contribution in [-0.2, 0) is 12.8 Å². The zero-order valence-electron chi connectivity index (χ0n) is 12.9. The highest BCUT2D eigenvalue weighted by Gasteiger charge is 2.09. The van der Waals surface area contributed by atoms with E-state index in [2.05, 4.69) is 4.98 Å². The Morgan fingerprint density at radius 3 is 2.54 bits per heavy atom. The molecular weight excluding hydrogens is 307 g/mol. The van der Waals surface area contributed by atoms with Gasteiger partial charge >= 0.3 is 0 Å². The van der Waals surface area contributed by atoms with E-state index in [9.17, 15) is 9.50 Å². The largest absolute Gasteiger partial charge is 0.504 e. The van der Waals surface area contributed by atoms with Crippen molar-refractivity contribution in [1.29, 1.82) is 0 Å². The number of pyridine rings is 1. The molecule has 0 saturated heterocycles. The number of phenols is 1. The Kier molecular flexibility index (Phi) is 4.61. The Bertz CT molecular complexity index is 838. The number of phenolic OH excluding ortho intramolecular Hbond substituents is 1. The molecule has 0 atom stereocenters. The number of ether oxygens (including phenoxy) is 1. The fourth-order valence-corrected chi connectivity index (χ4v) is 2.34. The van der Waals surface area contributed by atoms with Gasteiger partial charge in [-0.15, -0.1) is 0 Å². The van der Waals surface area contributed by atoms with Gasteiger partial charge in [0.25, 0.3) is 0 Å². The molecule has 0 aliphatic rings. The van der Waals surface area contributed by atoms with Crippen molar-refractivity contribution in [3.63, 3.8) is 0 Å². The second-order valence-corrected chi connectivity index (χ2v) is 5.42. The van der Waals surface area contributed by atoms with Crippen molar-refractivity contribution in [2.45, 2.75) is 12.8 Å². The average molecular weight is 324 g/mol. The van der Waals surface area contributed by atoms with E-state index in [-0.39, 0.29) is 17.2 Å². The van der Waals surface area contributed by atoms with E-state index >= 15 is 0 Å². The molecule has 24 heavy (non-hydrogen) atoms. The first kappa shape index (κ1) is 15.8. The van der Waals surface area contributed by atoms with Gasteiger partial charge in [0.05, 0.1) is 0 Å². The minimum absolute atomic E-state index is 0.0146. The van der Waals surface area contributed by atoms with Crippen molar-refractivity contribution in [3.05, 3.63) is 77.9 Å². The molecule has 0 aliphatic carbocycles. The van der Waals surface area contributed by atoms with Crippen LogP contribution in [0.1, 0.15) is 11.3 Å². The van der Waals surface area contributed by atoms with Gasteiger partial charge in [0.15, 0.2) is 23.1 Å². The number of benzene rings is 2. The smallest absolute Gasteiger partial charge is 0.169 e. The van der Waals surface area contributed by atoms with E-state index in [1.54, 1.807) is 18.3 Å². The molecule has 2 aromatic carbocycles. The highest BCUT2D eigenvalue weighted by Crippen LogP contribution is 2.33. The van der Waals surface area contributed by atoms with Crippen molar-refractivity contribution < 1.29 is 14.2 Å². The first-order chi connectivity index (χ1) is 11.6. The summed E-state index contributed by atoms with van der Waals surface area (Å²) in [5.74, 6) is -0.403. The van der Waals surface area contributed by atoms with Gasteiger partial charge in [0, 0.05) is 23.6 Å². The number of rotatable bonds is 5. The lowest BCUT2D eigenvalue weighted by atomic mass is 10.1. The van der Waals surface area contributed by atoms with E-state index in [0.29, 0.717) is 5.69 Å². The van der Waals surface area contributed by atoms with E-state index in [0.717, 1.165) is 24.1 Å². The molecule has 0 fully saturated rings. The molecule has 0 unspecified atom stereocenters. The third-order valence-corrected chi connectivity index (χ3v) is 3.60. The molecule has 5 heteroatoms. The highest BCUT2D eigenvalue weighted by molar-refractivity contribution is 5.47. The zero-order chi connectivity index (χ0) is 16.9. The Hall–Kier alpha value is -3.08. The predicted molar refractivity (Wildman–Crippen MR) is 90.6 cm³/mol.